The summed E-state index contributed by atoms with van der Waals surface area (Å²) >= 11 is 15.5. The first kappa shape index (κ1) is 14.9. The SMILES string of the molecule is CCCNC(c1ccc(Br)o1)c1ccc(Cl)cc1Cl. The second-order valence-electron chi connectivity index (χ2n) is 4.19. The number of halogens is 3. The Morgan fingerprint density at radius 2 is 2.05 bits per heavy atom. The van der Waals surface area contributed by atoms with Crippen LogP contribution in [0.1, 0.15) is 30.7 Å². The van der Waals surface area contributed by atoms with Crippen LogP contribution in [0.2, 0.25) is 10.0 Å². The minimum Gasteiger partial charge on any atom is -0.452 e. The maximum atomic E-state index is 6.28. The number of benzene rings is 1. The minimum atomic E-state index is -0.0731. The summed E-state index contributed by atoms with van der Waals surface area (Å²) in [5.74, 6) is 0.824. The van der Waals surface area contributed by atoms with Crippen LogP contribution in [0.4, 0.5) is 0 Å². The smallest absolute Gasteiger partial charge is 0.169 e. The first-order valence-electron chi connectivity index (χ1n) is 6.05. The molecule has 0 aliphatic heterocycles. The number of hydrogen-bond acceptors (Lipinski definition) is 2. The van der Waals surface area contributed by atoms with Crippen molar-refractivity contribution < 1.29 is 4.42 Å². The number of rotatable bonds is 5. The molecule has 1 heterocycles. The van der Waals surface area contributed by atoms with Crippen LogP contribution in [0.15, 0.2) is 39.4 Å². The van der Waals surface area contributed by atoms with Gasteiger partial charge in [-0.3, -0.25) is 0 Å². The van der Waals surface area contributed by atoms with E-state index >= 15 is 0 Å². The van der Waals surface area contributed by atoms with Crippen LogP contribution in [0.25, 0.3) is 0 Å². The summed E-state index contributed by atoms with van der Waals surface area (Å²) in [6, 6.07) is 9.24. The quantitative estimate of drug-likeness (QED) is 0.766. The predicted molar refractivity (Wildman–Crippen MR) is 83.0 cm³/mol. The highest BCUT2D eigenvalue weighted by molar-refractivity contribution is 9.10. The van der Waals surface area contributed by atoms with E-state index in [1.54, 1.807) is 6.07 Å². The Balaban J connectivity index is 2.36. The molecule has 19 heavy (non-hydrogen) atoms. The first-order valence-corrected chi connectivity index (χ1v) is 7.60. The van der Waals surface area contributed by atoms with Gasteiger partial charge in [0.15, 0.2) is 4.67 Å². The predicted octanol–water partition coefficient (Wildman–Crippen LogP) is 5.44. The highest BCUT2D eigenvalue weighted by Gasteiger charge is 2.19. The summed E-state index contributed by atoms with van der Waals surface area (Å²) in [7, 11) is 0. The van der Waals surface area contributed by atoms with Gasteiger partial charge in [0.25, 0.3) is 0 Å². The molecular formula is C14H14BrCl2NO. The van der Waals surface area contributed by atoms with Gasteiger partial charge in [0.1, 0.15) is 5.76 Å². The van der Waals surface area contributed by atoms with Gasteiger partial charge in [0.05, 0.1) is 6.04 Å². The summed E-state index contributed by atoms with van der Waals surface area (Å²) in [5.41, 5.74) is 0.960. The summed E-state index contributed by atoms with van der Waals surface area (Å²) < 4.78 is 6.35. The van der Waals surface area contributed by atoms with E-state index in [4.69, 9.17) is 27.6 Å². The van der Waals surface area contributed by atoms with E-state index < -0.39 is 0 Å². The standard InChI is InChI=1S/C14H14BrCl2NO/c1-2-7-18-14(12-5-6-13(15)19-12)10-4-3-9(16)8-11(10)17/h3-6,8,14,18H,2,7H2,1H3. The van der Waals surface area contributed by atoms with E-state index in [2.05, 4.69) is 28.2 Å². The molecule has 0 saturated heterocycles. The van der Waals surface area contributed by atoms with Crippen molar-refractivity contribution in [3.05, 3.63) is 56.4 Å². The molecule has 2 nitrogen and oxygen atoms in total. The molecule has 2 aromatic rings. The van der Waals surface area contributed by atoms with Gasteiger partial charge < -0.3 is 9.73 Å². The second kappa shape index (κ2) is 6.80. The van der Waals surface area contributed by atoms with Gasteiger partial charge in [0.2, 0.25) is 0 Å². The topological polar surface area (TPSA) is 25.2 Å². The molecule has 0 fully saturated rings. The maximum absolute atomic E-state index is 6.28. The van der Waals surface area contributed by atoms with Crippen LogP contribution < -0.4 is 5.32 Å². The summed E-state index contributed by atoms with van der Waals surface area (Å²) in [4.78, 5) is 0. The highest BCUT2D eigenvalue weighted by atomic mass is 79.9. The Kier molecular flexibility index (Phi) is 5.34. The molecule has 0 aliphatic rings. The van der Waals surface area contributed by atoms with Gasteiger partial charge in [-0.15, -0.1) is 0 Å². The Bertz CT molecular complexity index is 556. The van der Waals surface area contributed by atoms with E-state index in [1.807, 2.05) is 24.3 Å². The molecule has 5 heteroatoms. The lowest BCUT2D eigenvalue weighted by molar-refractivity contribution is 0.433. The third-order valence-corrected chi connectivity index (χ3v) is 3.74. The molecule has 102 valence electrons. The molecule has 0 saturated carbocycles. The van der Waals surface area contributed by atoms with Crippen LogP contribution in [-0.2, 0) is 0 Å². The lowest BCUT2D eigenvalue weighted by atomic mass is 10.0. The van der Waals surface area contributed by atoms with Gasteiger partial charge >= 0.3 is 0 Å². The van der Waals surface area contributed by atoms with E-state index in [9.17, 15) is 0 Å². The zero-order valence-electron chi connectivity index (χ0n) is 10.4. The number of furan rings is 1. The van der Waals surface area contributed by atoms with Gasteiger partial charge in [-0.2, -0.15) is 0 Å². The molecular weight excluding hydrogens is 349 g/mol. The maximum Gasteiger partial charge on any atom is 0.169 e. The van der Waals surface area contributed by atoms with Crippen molar-refractivity contribution in [2.45, 2.75) is 19.4 Å². The van der Waals surface area contributed by atoms with Gasteiger partial charge in [-0.25, -0.2) is 0 Å². The van der Waals surface area contributed by atoms with Crippen molar-refractivity contribution in [2.75, 3.05) is 6.54 Å². The Morgan fingerprint density at radius 3 is 2.63 bits per heavy atom. The van der Waals surface area contributed by atoms with Gasteiger partial charge in [-0.05, 0) is 58.7 Å². The van der Waals surface area contributed by atoms with Crippen LogP contribution in [0.3, 0.4) is 0 Å². The highest BCUT2D eigenvalue weighted by Crippen LogP contribution is 2.32. The fourth-order valence-electron chi connectivity index (χ4n) is 1.87. The molecule has 0 spiro atoms. The van der Waals surface area contributed by atoms with Crippen molar-refractivity contribution >= 4 is 39.1 Å². The van der Waals surface area contributed by atoms with Crippen LogP contribution in [0, 0.1) is 0 Å². The average molecular weight is 363 g/mol. The van der Waals surface area contributed by atoms with Gasteiger partial charge in [-0.1, -0.05) is 36.2 Å². The fourth-order valence-corrected chi connectivity index (χ4v) is 2.71. The third-order valence-electron chi connectivity index (χ3n) is 2.75. The summed E-state index contributed by atoms with van der Waals surface area (Å²) in [6.45, 7) is 2.99. The van der Waals surface area contributed by atoms with E-state index in [0.29, 0.717) is 14.7 Å². The van der Waals surface area contributed by atoms with E-state index in [-0.39, 0.29) is 6.04 Å². The van der Waals surface area contributed by atoms with Crippen molar-refractivity contribution in [1.29, 1.82) is 0 Å². The van der Waals surface area contributed by atoms with Crippen LogP contribution in [0.5, 0.6) is 0 Å². The van der Waals surface area contributed by atoms with E-state index in [0.717, 1.165) is 24.3 Å². The first-order chi connectivity index (χ1) is 9.11. The molecule has 1 atom stereocenters. The zero-order valence-corrected chi connectivity index (χ0v) is 13.5. The van der Waals surface area contributed by atoms with Crippen LogP contribution in [-0.4, -0.2) is 6.54 Å². The molecule has 1 aromatic carbocycles. The molecule has 0 amide bonds. The average Bonchev–Trinajstić information content (AvgIpc) is 2.78. The number of nitrogens with one attached hydrogen (secondary N) is 1. The third kappa shape index (κ3) is 3.76. The van der Waals surface area contributed by atoms with Crippen molar-refractivity contribution in [2.24, 2.45) is 0 Å². The minimum absolute atomic E-state index is 0.0731. The molecule has 0 bridgehead atoms. The zero-order chi connectivity index (χ0) is 13.8. The lowest BCUT2D eigenvalue weighted by Crippen LogP contribution is -2.23. The Morgan fingerprint density at radius 1 is 1.26 bits per heavy atom. The normalized spacial score (nSPS) is 12.6. The molecule has 1 unspecified atom stereocenters. The molecule has 0 radical (unpaired) electrons. The van der Waals surface area contributed by atoms with Crippen molar-refractivity contribution in [3.8, 4) is 0 Å². The Hall–Kier alpha value is -0.480. The largest absolute Gasteiger partial charge is 0.452 e. The Labute approximate surface area is 131 Å². The monoisotopic (exact) mass is 361 g/mol. The fraction of sp³-hybridized carbons (Fsp3) is 0.286. The molecule has 2 rings (SSSR count). The summed E-state index contributed by atoms with van der Waals surface area (Å²) in [6.07, 6.45) is 1.03. The number of hydrogen-bond donors (Lipinski definition) is 1. The van der Waals surface area contributed by atoms with Crippen molar-refractivity contribution in [1.82, 2.24) is 5.32 Å². The summed E-state index contributed by atoms with van der Waals surface area (Å²) in [5, 5.41) is 4.69. The van der Waals surface area contributed by atoms with E-state index in [1.165, 1.54) is 0 Å². The molecule has 1 N–H and O–H groups in total. The van der Waals surface area contributed by atoms with Crippen LogP contribution >= 0.6 is 39.1 Å². The molecule has 1 aromatic heterocycles. The lowest BCUT2D eigenvalue weighted by Gasteiger charge is -2.18. The molecule has 0 aliphatic carbocycles. The second-order valence-corrected chi connectivity index (χ2v) is 5.82. The van der Waals surface area contributed by atoms with Crippen molar-refractivity contribution in [3.63, 3.8) is 0 Å². The van der Waals surface area contributed by atoms with Gasteiger partial charge in [0, 0.05) is 10.0 Å².